The highest BCUT2D eigenvalue weighted by Crippen LogP contribution is 2.16. The minimum atomic E-state index is -4.95. The molecule has 0 aliphatic heterocycles. The van der Waals surface area contributed by atoms with Gasteiger partial charge in [0.1, 0.15) is 11.6 Å². The third kappa shape index (κ3) is 7.30. The topological polar surface area (TPSA) is 55.4 Å². The minimum absolute atomic E-state index is 0.209. The van der Waals surface area contributed by atoms with E-state index in [1.807, 2.05) is 0 Å². The largest absolute Gasteiger partial charge is 0.458 e. The predicted octanol–water partition coefficient (Wildman–Crippen LogP) is 3.17. The van der Waals surface area contributed by atoms with Crippen molar-refractivity contribution in [2.75, 3.05) is 0 Å². The van der Waals surface area contributed by atoms with E-state index in [1.54, 1.807) is 51.1 Å². The number of halogens is 3. The van der Waals surface area contributed by atoms with Crippen molar-refractivity contribution >= 4 is 11.8 Å². The maximum absolute atomic E-state index is 12.2. The smallest absolute Gasteiger partial charge is 0.454 e. The van der Waals surface area contributed by atoms with Gasteiger partial charge in [-0.2, -0.15) is 13.2 Å². The van der Waals surface area contributed by atoms with Crippen molar-refractivity contribution in [2.24, 2.45) is 0 Å². The van der Waals surface area contributed by atoms with Gasteiger partial charge in [0, 0.05) is 18.7 Å². The lowest BCUT2D eigenvalue weighted by molar-refractivity contribution is -0.165. The number of hydrogen-bond donors (Lipinski definition) is 1. The van der Waals surface area contributed by atoms with E-state index in [0.29, 0.717) is 6.08 Å². The Morgan fingerprint density at radius 1 is 1.17 bits per heavy atom. The zero-order valence-corrected chi connectivity index (χ0v) is 13.7. The van der Waals surface area contributed by atoms with Gasteiger partial charge in [0.25, 0.3) is 5.78 Å². The Morgan fingerprint density at radius 3 is 2.25 bits per heavy atom. The zero-order chi connectivity index (χ0) is 18.4. The third-order valence-electron chi connectivity index (χ3n) is 2.79. The first kappa shape index (κ1) is 19.7. The summed E-state index contributed by atoms with van der Waals surface area (Å²) in [6.07, 6.45) is -3.56. The molecule has 0 aliphatic rings. The highest BCUT2D eigenvalue weighted by atomic mass is 19.4. The molecule has 0 amide bonds. The van der Waals surface area contributed by atoms with Crippen LogP contribution >= 0.6 is 0 Å². The lowest BCUT2D eigenvalue weighted by Crippen LogP contribution is -2.40. The highest BCUT2D eigenvalue weighted by molar-refractivity contribution is 5.94. The fraction of sp³-hybridized carbons (Fsp3) is 0.412. The molecule has 7 heteroatoms. The fourth-order valence-corrected chi connectivity index (χ4v) is 1.77. The van der Waals surface area contributed by atoms with Crippen LogP contribution in [0, 0.1) is 0 Å². The second kappa shape index (κ2) is 7.99. The van der Waals surface area contributed by atoms with Gasteiger partial charge in [-0.25, -0.2) is 4.79 Å². The second-order valence-electron chi connectivity index (χ2n) is 6.14. The number of esters is 1. The molecular formula is C17H20F3NO3. The van der Waals surface area contributed by atoms with E-state index in [4.69, 9.17) is 4.74 Å². The molecule has 24 heavy (non-hydrogen) atoms. The van der Waals surface area contributed by atoms with Crippen molar-refractivity contribution in [3.05, 3.63) is 48.2 Å². The highest BCUT2D eigenvalue weighted by Gasteiger charge is 2.36. The van der Waals surface area contributed by atoms with E-state index in [2.05, 4.69) is 5.32 Å². The summed E-state index contributed by atoms with van der Waals surface area (Å²) in [6.45, 7) is 5.06. The summed E-state index contributed by atoms with van der Waals surface area (Å²) in [4.78, 5) is 23.0. The van der Waals surface area contributed by atoms with Gasteiger partial charge in [0.05, 0.1) is 0 Å². The van der Waals surface area contributed by atoms with E-state index < -0.39 is 29.6 Å². The van der Waals surface area contributed by atoms with Gasteiger partial charge < -0.3 is 10.1 Å². The van der Waals surface area contributed by atoms with Gasteiger partial charge in [0.2, 0.25) is 0 Å². The van der Waals surface area contributed by atoms with Crippen LogP contribution in [0.1, 0.15) is 26.3 Å². The monoisotopic (exact) mass is 343 g/mol. The summed E-state index contributed by atoms with van der Waals surface area (Å²) in [6, 6.07) is 8.02. The molecule has 0 bridgehead atoms. The number of carbonyl (C=O) groups excluding carboxylic acids is 2. The van der Waals surface area contributed by atoms with Crippen molar-refractivity contribution in [3.8, 4) is 0 Å². The first-order valence-corrected chi connectivity index (χ1v) is 7.29. The van der Waals surface area contributed by atoms with Crippen LogP contribution in [0.25, 0.3) is 0 Å². The van der Waals surface area contributed by atoms with Gasteiger partial charge in [-0.05, 0) is 26.3 Å². The van der Waals surface area contributed by atoms with Crippen LogP contribution in [0.15, 0.2) is 42.6 Å². The molecule has 0 aromatic heterocycles. The Labute approximate surface area is 138 Å². The molecule has 0 heterocycles. The number of nitrogens with one attached hydrogen (secondary N) is 1. The standard InChI is InChI=1S/C17H20F3NO3/c1-16(2,3)24-15(23)13(11-12-7-5-4-6-8-12)21-10-9-14(22)17(18,19)20/h4-10,13,21H,11H2,1-3H3/b10-9+/t13-/m1/s1. The molecule has 0 aliphatic carbocycles. The van der Waals surface area contributed by atoms with Crippen LogP contribution in [0.5, 0.6) is 0 Å². The molecule has 0 fully saturated rings. The first-order chi connectivity index (χ1) is 11.0. The number of rotatable bonds is 6. The number of ether oxygens (including phenoxy) is 1. The Kier molecular flexibility index (Phi) is 6.57. The Hall–Kier alpha value is -2.31. The molecule has 0 radical (unpaired) electrons. The van der Waals surface area contributed by atoms with Crippen LogP contribution in [-0.4, -0.2) is 29.6 Å². The van der Waals surface area contributed by atoms with Gasteiger partial charge in [0.15, 0.2) is 0 Å². The van der Waals surface area contributed by atoms with Crippen LogP contribution in [0.4, 0.5) is 13.2 Å². The van der Waals surface area contributed by atoms with Gasteiger partial charge >= 0.3 is 12.1 Å². The maximum Gasteiger partial charge on any atom is 0.454 e. The maximum atomic E-state index is 12.2. The van der Waals surface area contributed by atoms with Crippen molar-refractivity contribution < 1.29 is 27.5 Å². The number of benzene rings is 1. The minimum Gasteiger partial charge on any atom is -0.458 e. The average molecular weight is 343 g/mol. The van der Waals surface area contributed by atoms with Gasteiger partial charge in [-0.15, -0.1) is 0 Å². The van der Waals surface area contributed by atoms with Crippen molar-refractivity contribution in [1.29, 1.82) is 0 Å². The molecule has 0 saturated carbocycles. The van der Waals surface area contributed by atoms with E-state index in [1.165, 1.54) is 0 Å². The van der Waals surface area contributed by atoms with E-state index in [9.17, 15) is 22.8 Å². The molecule has 4 nitrogen and oxygen atoms in total. The lowest BCUT2D eigenvalue weighted by Gasteiger charge is -2.24. The molecule has 1 aromatic rings. The molecule has 1 N–H and O–H groups in total. The normalized spacial score (nSPS) is 13.6. The number of alkyl halides is 3. The van der Waals surface area contributed by atoms with E-state index in [-0.39, 0.29) is 6.42 Å². The molecular weight excluding hydrogens is 323 g/mol. The van der Waals surface area contributed by atoms with Crippen molar-refractivity contribution in [2.45, 2.75) is 45.0 Å². The van der Waals surface area contributed by atoms with Crippen LogP contribution in [0.3, 0.4) is 0 Å². The van der Waals surface area contributed by atoms with Crippen molar-refractivity contribution in [3.63, 3.8) is 0 Å². The summed E-state index contributed by atoms with van der Waals surface area (Å²) >= 11 is 0. The molecule has 0 unspecified atom stereocenters. The van der Waals surface area contributed by atoms with Crippen LogP contribution < -0.4 is 5.32 Å². The average Bonchev–Trinajstić information content (AvgIpc) is 2.44. The quantitative estimate of drug-likeness (QED) is 0.637. The molecule has 1 aromatic carbocycles. The lowest BCUT2D eigenvalue weighted by atomic mass is 10.1. The second-order valence-corrected chi connectivity index (χ2v) is 6.14. The SMILES string of the molecule is CC(C)(C)OC(=O)[C@@H](Cc1ccccc1)N/C=C/C(=O)C(F)(F)F. The van der Waals surface area contributed by atoms with Crippen LogP contribution in [-0.2, 0) is 20.7 Å². The van der Waals surface area contributed by atoms with E-state index >= 15 is 0 Å². The first-order valence-electron chi connectivity index (χ1n) is 7.29. The number of ketones is 1. The summed E-state index contributed by atoms with van der Waals surface area (Å²) in [5.74, 6) is -2.62. The number of hydrogen-bond acceptors (Lipinski definition) is 4. The van der Waals surface area contributed by atoms with Crippen molar-refractivity contribution in [1.82, 2.24) is 5.32 Å². The summed E-state index contributed by atoms with van der Waals surface area (Å²) in [5.41, 5.74) is 0.0653. The molecule has 1 rings (SSSR count). The predicted molar refractivity (Wildman–Crippen MR) is 83.1 cm³/mol. The zero-order valence-electron chi connectivity index (χ0n) is 13.7. The summed E-state index contributed by atoms with van der Waals surface area (Å²) < 4.78 is 41.8. The molecule has 0 spiro atoms. The summed E-state index contributed by atoms with van der Waals surface area (Å²) in [5, 5.41) is 2.52. The number of carbonyl (C=O) groups is 2. The van der Waals surface area contributed by atoms with Gasteiger partial charge in [-0.1, -0.05) is 30.3 Å². The van der Waals surface area contributed by atoms with Crippen LogP contribution in [0.2, 0.25) is 0 Å². The van der Waals surface area contributed by atoms with E-state index in [0.717, 1.165) is 11.8 Å². The molecule has 132 valence electrons. The Bertz CT molecular complexity index is 589. The molecule has 0 saturated heterocycles. The Balaban J connectivity index is 2.83. The number of allylic oxidation sites excluding steroid dienone is 1. The summed E-state index contributed by atoms with van der Waals surface area (Å²) in [7, 11) is 0. The third-order valence-corrected chi connectivity index (χ3v) is 2.79. The van der Waals surface area contributed by atoms with Gasteiger partial charge in [-0.3, -0.25) is 4.79 Å². The Morgan fingerprint density at radius 2 is 1.75 bits per heavy atom. The molecule has 1 atom stereocenters. The fourth-order valence-electron chi connectivity index (χ4n) is 1.77.